The molecule has 1 heterocycles. The lowest BCUT2D eigenvalue weighted by atomic mass is 10.1. The number of aryl methyl sites for hydroxylation is 1. The minimum absolute atomic E-state index is 0.0214. The van der Waals surface area contributed by atoms with Gasteiger partial charge in [0.2, 0.25) is 0 Å². The van der Waals surface area contributed by atoms with Crippen molar-refractivity contribution in [2.75, 3.05) is 19.3 Å². The number of carbonyl (C=O) groups is 1. The number of carbonyl (C=O) groups excluding carboxylic acids is 1. The molecule has 0 atom stereocenters. The lowest BCUT2D eigenvalue weighted by molar-refractivity contribution is 0.0774. The van der Waals surface area contributed by atoms with E-state index in [1.165, 1.54) is 25.7 Å². The third kappa shape index (κ3) is 2.81. The van der Waals surface area contributed by atoms with Crippen molar-refractivity contribution in [1.82, 2.24) is 9.88 Å². The normalized spacial score (nSPS) is 15.9. The Labute approximate surface area is 108 Å². The molecule has 0 bridgehead atoms. The molecule has 1 amide bonds. The molecule has 1 aliphatic carbocycles. The van der Waals surface area contributed by atoms with Crippen molar-refractivity contribution in [1.29, 1.82) is 0 Å². The monoisotopic (exact) mass is 247 g/mol. The van der Waals surface area contributed by atoms with Gasteiger partial charge in [-0.25, -0.2) is 0 Å². The molecule has 18 heavy (non-hydrogen) atoms. The van der Waals surface area contributed by atoms with E-state index in [2.05, 4.69) is 4.98 Å². The third-order valence-corrected chi connectivity index (χ3v) is 3.66. The maximum atomic E-state index is 12.3. The van der Waals surface area contributed by atoms with E-state index in [-0.39, 0.29) is 5.91 Å². The maximum absolute atomic E-state index is 12.3. The van der Waals surface area contributed by atoms with Crippen LogP contribution in [-0.2, 0) is 0 Å². The Balaban J connectivity index is 2.05. The summed E-state index contributed by atoms with van der Waals surface area (Å²) in [5, 5.41) is 0. The molecule has 0 unspecified atom stereocenters. The van der Waals surface area contributed by atoms with Gasteiger partial charge in [0.05, 0.1) is 5.56 Å². The highest BCUT2D eigenvalue weighted by Gasteiger charge is 2.21. The Morgan fingerprint density at radius 1 is 1.50 bits per heavy atom. The fraction of sp³-hybridized carbons (Fsp3) is 0.571. The van der Waals surface area contributed by atoms with Crippen molar-refractivity contribution < 1.29 is 4.79 Å². The van der Waals surface area contributed by atoms with Crippen LogP contribution in [0, 0.1) is 12.8 Å². The molecular formula is C14H21N3O. The summed E-state index contributed by atoms with van der Waals surface area (Å²) in [7, 11) is 1.85. The average molecular weight is 247 g/mol. The van der Waals surface area contributed by atoms with Crippen LogP contribution in [-0.4, -0.2) is 29.4 Å². The molecule has 98 valence electrons. The van der Waals surface area contributed by atoms with E-state index in [1.54, 1.807) is 17.2 Å². The second-order valence-corrected chi connectivity index (χ2v) is 5.25. The summed E-state index contributed by atoms with van der Waals surface area (Å²) < 4.78 is 0. The van der Waals surface area contributed by atoms with Crippen molar-refractivity contribution in [2.24, 2.45) is 5.92 Å². The first-order valence-corrected chi connectivity index (χ1v) is 6.55. The molecule has 0 saturated heterocycles. The number of amides is 1. The van der Waals surface area contributed by atoms with E-state index in [4.69, 9.17) is 5.73 Å². The standard InChI is InChI=1S/C14H21N3O/c1-10-7-13(15)12(8-16-10)14(18)17(2)9-11-5-3-4-6-11/h7-8,11H,3-6,9H2,1-2H3,(H2,15,16). The van der Waals surface area contributed by atoms with Gasteiger partial charge in [-0.3, -0.25) is 9.78 Å². The molecule has 4 nitrogen and oxygen atoms in total. The van der Waals surface area contributed by atoms with Crippen molar-refractivity contribution in [3.8, 4) is 0 Å². The van der Waals surface area contributed by atoms with E-state index in [0.717, 1.165) is 12.2 Å². The SMILES string of the molecule is Cc1cc(N)c(C(=O)N(C)CC2CCCC2)cn1. The number of nitrogens with two attached hydrogens (primary N) is 1. The van der Waals surface area contributed by atoms with Gasteiger partial charge in [-0.15, -0.1) is 0 Å². The maximum Gasteiger partial charge on any atom is 0.257 e. The second-order valence-electron chi connectivity index (χ2n) is 5.25. The van der Waals surface area contributed by atoms with Gasteiger partial charge in [-0.05, 0) is 31.7 Å². The minimum Gasteiger partial charge on any atom is -0.398 e. The van der Waals surface area contributed by atoms with Crippen LogP contribution >= 0.6 is 0 Å². The van der Waals surface area contributed by atoms with E-state index >= 15 is 0 Å². The highest BCUT2D eigenvalue weighted by atomic mass is 16.2. The molecule has 4 heteroatoms. The number of hydrogen-bond donors (Lipinski definition) is 1. The molecule has 1 aromatic rings. The number of nitrogens with zero attached hydrogens (tertiary/aromatic N) is 2. The molecule has 0 aromatic carbocycles. The van der Waals surface area contributed by atoms with Gasteiger partial charge < -0.3 is 10.6 Å². The third-order valence-electron chi connectivity index (χ3n) is 3.66. The van der Waals surface area contributed by atoms with E-state index in [1.807, 2.05) is 14.0 Å². The highest BCUT2D eigenvalue weighted by molar-refractivity contribution is 5.98. The molecule has 1 fully saturated rings. The second kappa shape index (κ2) is 5.38. The van der Waals surface area contributed by atoms with Gasteiger partial charge in [-0.2, -0.15) is 0 Å². The van der Waals surface area contributed by atoms with Gasteiger partial charge in [0, 0.05) is 31.2 Å². The van der Waals surface area contributed by atoms with Crippen molar-refractivity contribution in [2.45, 2.75) is 32.6 Å². The summed E-state index contributed by atoms with van der Waals surface area (Å²) in [6.07, 6.45) is 6.64. The van der Waals surface area contributed by atoms with Crippen LogP contribution in [0.2, 0.25) is 0 Å². The van der Waals surface area contributed by atoms with Gasteiger partial charge in [0.1, 0.15) is 0 Å². The van der Waals surface area contributed by atoms with Crippen LogP contribution in [0.3, 0.4) is 0 Å². The van der Waals surface area contributed by atoms with Gasteiger partial charge in [0.25, 0.3) is 5.91 Å². The number of nitrogen functional groups attached to an aromatic ring is 1. The Kier molecular flexibility index (Phi) is 3.84. The molecule has 0 radical (unpaired) electrons. The molecule has 2 N–H and O–H groups in total. The first-order valence-electron chi connectivity index (χ1n) is 6.55. The fourth-order valence-corrected chi connectivity index (χ4v) is 2.63. The summed E-state index contributed by atoms with van der Waals surface area (Å²) in [4.78, 5) is 18.2. The minimum atomic E-state index is -0.0214. The molecule has 2 rings (SSSR count). The number of anilines is 1. The smallest absolute Gasteiger partial charge is 0.257 e. The predicted octanol–water partition coefficient (Wildman–Crippen LogP) is 2.23. The molecule has 1 aromatic heterocycles. The topological polar surface area (TPSA) is 59.2 Å². The lowest BCUT2D eigenvalue weighted by Crippen LogP contribution is -2.31. The zero-order valence-corrected chi connectivity index (χ0v) is 11.1. The van der Waals surface area contributed by atoms with Crippen LogP contribution in [0.25, 0.3) is 0 Å². The summed E-state index contributed by atoms with van der Waals surface area (Å²) >= 11 is 0. The summed E-state index contributed by atoms with van der Waals surface area (Å²) in [5.74, 6) is 0.630. The zero-order chi connectivity index (χ0) is 13.1. The Bertz CT molecular complexity index is 439. The average Bonchev–Trinajstić information content (AvgIpc) is 2.81. The quantitative estimate of drug-likeness (QED) is 0.891. The molecule has 0 spiro atoms. The zero-order valence-electron chi connectivity index (χ0n) is 11.1. The van der Waals surface area contributed by atoms with Crippen LogP contribution in [0.4, 0.5) is 5.69 Å². The van der Waals surface area contributed by atoms with Crippen molar-refractivity contribution in [3.05, 3.63) is 23.5 Å². The fourth-order valence-electron chi connectivity index (χ4n) is 2.63. The van der Waals surface area contributed by atoms with Crippen LogP contribution in [0.15, 0.2) is 12.3 Å². The molecule has 1 saturated carbocycles. The summed E-state index contributed by atoms with van der Waals surface area (Å²) in [5.41, 5.74) is 7.75. The Hall–Kier alpha value is -1.58. The van der Waals surface area contributed by atoms with Crippen molar-refractivity contribution in [3.63, 3.8) is 0 Å². The van der Waals surface area contributed by atoms with Gasteiger partial charge >= 0.3 is 0 Å². The van der Waals surface area contributed by atoms with E-state index < -0.39 is 0 Å². The first kappa shape index (κ1) is 12.9. The number of pyridine rings is 1. The number of hydrogen-bond acceptors (Lipinski definition) is 3. The largest absolute Gasteiger partial charge is 0.398 e. The number of rotatable bonds is 3. The lowest BCUT2D eigenvalue weighted by Gasteiger charge is -2.21. The van der Waals surface area contributed by atoms with Crippen LogP contribution in [0.5, 0.6) is 0 Å². The van der Waals surface area contributed by atoms with Gasteiger partial charge in [0.15, 0.2) is 0 Å². The summed E-state index contributed by atoms with van der Waals surface area (Å²) in [6.45, 7) is 2.69. The molecule has 1 aliphatic rings. The van der Waals surface area contributed by atoms with Crippen LogP contribution < -0.4 is 5.73 Å². The van der Waals surface area contributed by atoms with E-state index in [0.29, 0.717) is 17.2 Å². The van der Waals surface area contributed by atoms with Crippen LogP contribution in [0.1, 0.15) is 41.7 Å². The molecule has 0 aliphatic heterocycles. The molecular weight excluding hydrogens is 226 g/mol. The Morgan fingerprint density at radius 3 is 2.78 bits per heavy atom. The predicted molar refractivity (Wildman–Crippen MR) is 72.3 cm³/mol. The Morgan fingerprint density at radius 2 is 2.17 bits per heavy atom. The highest BCUT2D eigenvalue weighted by Crippen LogP contribution is 2.25. The summed E-state index contributed by atoms with van der Waals surface area (Å²) in [6, 6.07) is 1.75. The van der Waals surface area contributed by atoms with Gasteiger partial charge in [-0.1, -0.05) is 12.8 Å². The van der Waals surface area contributed by atoms with Crippen molar-refractivity contribution >= 4 is 11.6 Å². The number of aromatic nitrogens is 1. The van der Waals surface area contributed by atoms with E-state index in [9.17, 15) is 4.79 Å². The first-order chi connectivity index (χ1) is 8.58.